The smallest absolute Gasteiger partial charge is 0.229 e. The molecule has 0 saturated carbocycles. The Balaban J connectivity index is 2.06. The SMILES string of the molecule is CC(C)c1nc(C2CCCNCC2)no1. The van der Waals surface area contributed by atoms with Crippen LogP contribution in [0.3, 0.4) is 0 Å². The Bertz CT molecular complexity index is 301. The van der Waals surface area contributed by atoms with Gasteiger partial charge in [-0.3, -0.25) is 0 Å². The minimum Gasteiger partial charge on any atom is -0.339 e. The van der Waals surface area contributed by atoms with Crippen LogP contribution in [-0.4, -0.2) is 23.2 Å². The van der Waals surface area contributed by atoms with Crippen molar-refractivity contribution >= 4 is 0 Å². The fourth-order valence-corrected chi connectivity index (χ4v) is 1.92. The van der Waals surface area contributed by atoms with Gasteiger partial charge in [-0.25, -0.2) is 0 Å². The van der Waals surface area contributed by atoms with E-state index in [1.807, 2.05) is 0 Å². The molecule has 84 valence electrons. The fraction of sp³-hybridized carbons (Fsp3) is 0.818. The lowest BCUT2D eigenvalue weighted by atomic mass is 10.0. The number of rotatable bonds is 2. The summed E-state index contributed by atoms with van der Waals surface area (Å²) in [5, 5.41) is 7.48. The lowest BCUT2D eigenvalue weighted by Crippen LogP contribution is -2.14. The third-order valence-corrected chi connectivity index (χ3v) is 2.89. The van der Waals surface area contributed by atoms with Gasteiger partial charge in [-0.1, -0.05) is 19.0 Å². The Labute approximate surface area is 90.4 Å². The second-order valence-corrected chi connectivity index (χ2v) is 4.52. The van der Waals surface area contributed by atoms with Crippen LogP contribution in [0.4, 0.5) is 0 Å². The first-order valence-electron chi connectivity index (χ1n) is 5.81. The summed E-state index contributed by atoms with van der Waals surface area (Å²) in [6.07, 6.45) is 3.50. The fourth-order valence-electron chi connectivity index (χ4n) is 1.92. The summed E-state index contributed by atoms with van der Waals surface area (Å²) < 4.78 is 5.24. The van der Waals surface area contributed by atoms with Crippen LogP contribution in [0.2, 0.25) is 0 Å². The van der Waals surface area contributed by atoms with E-state index in [-0.39, 0.29) is 0 Å². The summed E-state index contributed by atoms with van der Waals surface area (Å²) in [4.78, 5) is 4.47. The Hall–Kier alpha value is -0.900. The van der Waals surface area contributed by atoms with E-state index in [4.69, 9.17) is 4.52 Å². The van der Waals surface area contributed by atoms with Crippen LogP contribution in [0.15, 0.2) is 4.52 Å². The third kappa shape index (κ3) is 2.56. The molecule has 1 aromatic rings. The molecule has 4 heteroatoms. The lowest BCUT2D eigenvalue weighted by Gasteiger charge is -2.07. The van der Waals surface area contributed by atoms with E-state index in [1.54, 1.807) is 0 Å². The zero-order valence-corrected chi connectivity index (χ0v) is 9.49. The molecule has 1 aliphatic heterocycles. The van der Waals surface area contributed by atoms with Crippen LogP contribution in [0.5, 0.6) is 0 Å². The van der Waals surface area contributed by atoms with E-state index in [1.165, 1.54) is 12.8 Å². The monoisotopic (exact) mass is 209 g/mol. The minimum atomic E-state index is 0.329. The second-order valence-electron chi connectivity index (χ2n) is 4.52. The molecule has 2 heterocycles. The summed E-state index contributed by atoms with van der Waals surface area (Å²) in [7, 11) is 0. The average molecular weight is 209 g/mol. The van der Waals surface area contributed by atoms with Gasteiger partial charge in [0.1, 0.15) is 0 Å². The number of nitrogens with zero attached hydrogens (tertiary/aromatic N) is 2. The minimum absolute atomic E-state index is 0.329. The Kier molecular flexibility index (Phi) is 3.36. The van der Waals surface area contributed by atoms with Crippen LogP contribution >= 0.6 is 0 Å². The highest BCUT2D eigenvalue weighted by atomic mass is 16.5. The van der Waals surface area contributed by atoms with Crippen LogP contribution < -0.4 is 5.32 Å². The maximum atomic E-state index is 5.24. The highest BCUT2D eigenvalue weighted by Gasteiger charge is 2.20. The maximum absolute atomic E-state index is 5.24. The zero-order chi connectivity index (χ0) is 10.7. The van der Waals surface area contributed by atoms with E-state index >= 15 is 0 Å². The first-order chi connectivity index (χ1) is 7.27. The third-order valence-electron chi connectivity index (χ3n) is 2.89. The van der Waals surface area contributed by atoms with Gasteiger partial charge >= 0.3 is 0 Å². The van der Waals surface area contributed by atoms with Gasteiger partial charge in [-0.15, -0.1) is 0 Å². The lowest BCUT2D eigenvalue weighted by molar-refractivity contribution is 0.356. The molecule has 15 heavy (non-hydrogen) atoms. The standard InChI is InChI=1S/C11H19N3O/c1-8(2)11-13-10(14-15-11)9-4-3-6-12-7-5-9/h8-9,12H,3-7H2,1-2H3. The van der Waals surface area contributed by atoms with Crippen molar-refractivity contribution in [3.8, 4) is 0 Å². The van der Waals surface area contributed by atoms with Gasteiger partial charge in [0.05, 0.1) is 0 Å². The molecule has 2 rings (SSSR count). The molecule has 1 atom stereocenters. The van der Waals surface area contributed by atoms with Crippen LogP contribution in [0.1, 0.15) is 56.7 Å². The largest absolute Gasteiger partial charge is 0.339 e. The van der Waals surface area contributed by atoms with Crippen LogP contribution in [0, 0.1) is 0 Å². The van der Waals surface area contributed by atoms with Gasteiger partial charge in [0, 0.05) is 11.8 Å². The summed E-state index contributed by atoms with van der Waals surface area (Å²) in [5.74, 6) is 2.48. The van der Waals surface area contributed by atoms with Gasteiger partial charge in [0.25, 0.3) is 0 Å². The van der Waals surface area contributed by atoms with E-state index in [2.05, 4.69) is 29.3 Å². The van der Waals surface area contributed by atoms with Crippen molar-refractivity contribution in [1.29, 1.82) is 0 Å². The Morgan fingerprint density at radius 2 is 2.20 bits per heavy atom. The zero-order valence-electron chi connectivity index (χ0n) is 9.49. The number of nitrogens with one attached hydrogen (secondary N) is 1. The number of aromatic nitrogens is 2. The predicted octanol–water partition coefficient (Wildman–Crippen LogP) is 2.05. The highest BCUT2D eigenvalue weighted by Crippen LogP contribution is 2.24. The molecule has 1 fully saturated rings. The summed E-state index contributed by atoms with van der Waals surface area (Å²) in [6, 6.07) is 0. The molecule has 1 aliphatic rings. The molecular formula is C11H19N3O. The predicted molar refractivity (Wildman–Crippen MR) is 57.8 cm³/mol. The van der Waals surface area contributed by atoms with Crippen LogP contribution in [-0.2, 0) is 0 Å². The van der Waals surface area contributed by atoms with Crippen LogP contribution in [0.25, 0.3) is 0 Å². The van der Waals surface area contributed by atoms with Crippen molar-refractivity contribution in [1.82, 2.24) is 15.5 Å². The molecule has 4 nitrogen and oxygen atoms in total. The topological polar surface area (TPSA) is 51.0 Å². The molecule has 0 amide bonds. The van der Waals surface area contributed by atoms with Crippen molar-refractivity contribution in [3.05, 3.63) is 11.7 Å². The second kappa shape index (κ2) is 4.75. The van der Waals surface area contributed by atoms with Crippen molar-refractivity contribution in [2.24, 2.45) is 0 Å². The van der Waals surface area contributed by atoms with Gasteiger partial charge in [-0.2, -0.15) is 4.98 Å². The van der Waals surface area contributed by atoms with E-state index in [0.29, 0.717) is 11.8 Å². The molecule has 0 aliphatic carbocycles. The normalized spacial score (nSPS) is 23.0. The summed E-state index contributed by atoms with van der Waals surface area (Å²) in [5.41, 5.74) is 0. The molecule has 1 saturated heterocycles. The maximum Gasteiger partial charge on any atom is 0.229 e. The molecule has 1 unspecified atom stereocenters. The molecule has 1 N–H and O–H groups in total. The molecule has 0 aromatic carbocycles. The average Bonchev–Trinajstić information content (AvgIpc) is 2.55. The highest BCUT2D eigenvalue weighted by molar-refractivity contribution is 4.98. The summed E-state index contributed by atoms with van der Waals surface area (Å²) in [6.45, 7) is 6.33. The van der Waals surface area contributed by atoms with E-state index in [9.17, 15) is 0 Å². The summed E-state index contributed by atoms with van der Waals surface area (Å²) >= 11 is 0. The van der Waals surface area contributed by atoms with Gasteiger partial charge in [0.15, 0.2) is 5.82 Å². The molecule has 0 bridgehead atoms. The van der Waals surface area contributed by atoms with Gasteiger partial charge in [-0.05, 0) is 32.4 Å². The Morgan fingerprint density at radius 1 is 1.33 bits per heavy atom. The molecule has 0 radical (unpaired) electrons. The first-order valence-corrected chi connectivity index (χ1v) is 5.81. The number of hydrogen-bond donors (Lipinski definition) is 1. The first kappa shape index (κ1) is 10.6. The van der Waals surface area contributed by atoms with Crippen molar-refractivity contribution in [2.75, 3.05) is 13.1 Å². The van der Waals surface area contributed by atoms with E-state index in [0.717, 1.165) is 31.2 Å². The van der Waals surface area contributed by atoms with Crippen molar-refractivity contribution in [3.63, 3.8) is 0 Å². The molecule has 0 spiro atoms. The Morgan fingerprint density at radius 3 is 2.93 bits per heavy atom. The molecular weight excluding hydrogens is 190 g/mol. The van der Waals surface area contributed by atoms with Crippen molar-refractivity contribution < 1.29 is 4.52 Å². The van der Waals surface area contributed by atoms with E-state index < -0.39 is 0 Å². The molecule has 1 aromatic heterocycles. The van der Waals surface area contributed by atoms with Gasteiger partial charge in [0.2, 0.25) is 5.89 Å². The van der Waals surface area contributed by atoms with Crippen molar-refractivity contribution in [2.45, 2.75) is 44.9 Å². The quantitative estimate of drug-likeness (QED) is 0.810. The number of hydrogen-bond acceptors (Lipinski definition) is 4. The van der Waals surface area contributed by atoms with Gasteiger partial charge < -0.3 is 9.84 Å².